The molecule has 0 spiro atoms. The fourth-order valence-corrected chi connectivity index (χ4v) is 2.95. The summed E-state index contributed by atoms with van der Waals surface area (Å²) in [5.74, 6) is -0.392. The van der Waals surface area contributed by atoms with E-state index in [1.807, 2.05) is 31.2 Å². The van der Waals surface area contributed by atoms with Gasteiger partial charge in [0.15, 0.2) is 0 Å². The van der Waals surface area contributed by atoms with Gasteiger partial charge in [0.05, 0.1) is 0 Å². The van der Waals surface area contributed by atoms with Crippen LogP contribution in [0.1, 0.15) is 34.7 Å². The van der Waals surface area contributed by atoms with Gasteiger partial charge >= 0.3 is 0 Å². The third-order valence-electron chi connectivity index (χ3n) is 3.89. The molecule has 3 rings (SSSR count). The molecule has 1 aliphatic carbocycles. The predicted molar refractivity (Wildman–Crippen MR) is 72.1 cm³/mol. The summed E-state index contributed by atoms with van der Waals surface area (Å²) in [6, 6.07) is 12.0. The predicted octanol–water partition coefficient (Wildman–Crippen LogP) is 2.77. The first kappa shape index (κ1) is 12.3. The Morgan fingerprint density at radius 2 is 1.95 bits per heavy atom. The third-order valence-corrected chi connectivity index (χ3v) is 3.89. The minimum absolute atomic E-state index is 0.263. The first-order valence-corrected chi connectivity index (χ1v) is 6.36. The van der Waals surface area contributed by atoms with Crippen LogP contribution in [0.5, 0.6) is 0 Å². The maximum absolute atomic E-state index is 14.1. The highest BCUT2D eigenvalue weighted by Gasteiger charge is 2.43. The van der Waals surface area contributed by atoms with Gasteiger partial charge in [-0.25, -0.2) is 4.39 Å². The van der Waals surface area contributed by atoms with Crippen molar-refractivity contribution >= 4 is 0 Å². The van der Waals surface area contributed by atoms with Crippen molar-refractivity contribution in [3.63, 3.8) is 0 Å². The lowest BCUT2D eigenvalue weighted by atomic mass is 9.86. The monoisotopic (exact) mass is 257 g/mol. The van der Waals surface area contributed by atoms with Gasteiger partial charge < -0.3 is 10.8 Å². The zero-order valence-corrected chi connectivity index (χ0v) is 10.7. The summed E-state index contributed by atoms with van der Waals surface area (Å²) in [5, 5.41) is 11.0. The largest absolute Gasteiger partial charge is 0.380 e. The van der Waals surface area contributed by atoms with Gasteiger partial charge in [-0.05, 0) is 30.2 Å². The summed E-state index contributed by atoms with van der Waals surface area (Å²) in [5.41, 5.74) is 7.58. The number of hydrogen-bond donors (Lipinski definition) is 2. The van der Waals surface area contributed by atoms with Crippen LogP contribution in [0.25, 0.3) is 0 Å². The van der Waals surface area contributed by atoms with Crippen molar-refractivity contribution in [1.29, 1.82) is 0 Å². The number of aryl methyl sites for hydroxylation is 1. The molecule has 3 N–H and O–H groups in total. The topological polar surface area (TPSA) is 46.2 Å². The number of fused-ring (bicyclic) bond motifs is 1. The van der Waals surface area contributed by atoms with E-state index in [9.17, 15) is 9.50 Å². The molecule has 2 aromatic carbocycles. The molecule has 2 nitrogen and oxygen atoms in total. The van der Waals surface area contributed by atoms with Crippen molar-refractivity contribution in [2.45, 2.75) is 25.0 Å². The van der Waals surface area contributed by atoms with Crippen LogP contribution in [0, 0.1) is 12.7 Å². The molecule has 2 atom stereocenters. The molecule has 0 saturated carbocycles. The molecule has 1 aliphatic rings. The van der Waals surface area contributed by atoms with E-state index >= 15 is 0 Å². The average molecular weight is 257 g/mol. The van der Waals surface area contributed by atoms with Crippen LogP contribution in [-0.4, -0.2) is 5.11 Å². The van der Waals surface area contributed by atoms with Crippen LogP contribution in [0.3, 0.4) is 0 Å². The number of aliphatic hydroxyl groups is 1. The van der Waals surface area contributed by atoms with Crippen LogP contribution < -0.4 is 5.73 Å². The van der Waals surface area contributed by atoms with Gasteiger partial charge in [0.2, 0.25) is 0 Å². The summed E-state index contributed by atoms with van der Waals surface area (Å²) >= 11 is 0. The van der Waals surface area contributed by atoms with E-state index in [0.717, 1.165) is 11.1 Å². The Labute approximate surface area is 111 Å². The lowest BCUT2D eigenvalue weighted by Crippen LogP contribution is -2.26. The maximum atomic E-state index is 14.1. The number of nitrogens with two attached hydrogens (primary N) is 1. The van der Waals surface area contributed by atoms with Gasteiger partial charge in [0.25, 0.3) is 0 Å². The van der Waals surface area contributed by atoms with E-state index in [4.69, 9.17) is 5.73 Å². The van der Waals surface area contributed by atoms with Crippen molar-refractivity contribution in [3.05, 3.63) is 70.5 Å². The second kappa shape index (κ2) is 4.15. The van der Waals surface area contributed by atoms with Crippen molar-refractivity contribution in [1.82, 2.24) is 0 Å². The molecule has 19 heavy (non-hydrogen) atoms. The quantitative estimate of drug-likeness (QED) is 0.825. The molecule has 0 amide bonds. The fourth-order valence-electron chi connectivity index (χ4n) is 2.95. The molecule has 0 bridgehead atoms. The minimum Gasteiger partial charge on any atom is -0.380 e. The Kier molecular flexibility index (Phi) is 2.69. The normalized spacial score (nSPS) is 25.4. The molecule has 0 aromatic heterocycles. The van der Waals surface area contributed by atoms with E-state index in [1.165, 1.54) is 6.07 Å². The molecule has 0 radical (unpaired) electrons. The van der Waals surface area contributed by atoms with Gasteiger partial charge in [-0.2, -0.15) is 0 Å². The van der Waals surface area contributed by atoms with E-state index in [-0.39, 0.29) is 6.04 Å². The summed E-state index contributed by atoms with van der Waals surface area (Å²) in [7, 11) is 0. The molecule has 98 valence electrons. The number of halogens is 1. The van der Waals surface area contributed by atoms with E-state index < -0.39 is 11.4 Å². The van der Waals surface area contributed by atoms with Crippen molar-refractivity contribution in [2.75, 3.05) is 0 Å². The number of rotatable bonds is 1. The first-order valence-electron chi connectivity index (χ1n) is 6.36. The molecule has 3 heteroatoms. The number of benzene rings is 2. The lowest BCUT2D eigenvalue weighted by Gasteiger charge is -2.25. The Morgan fingerprint density at radius 3 is 2.74 bits per heavy atom. The smallest absolute Gasteiger partial charge is 0.129 e. The highest BCUT2D eigenvalue weighted by molar-refractivity contribution is 5.48. The van der Waals surface area contributed by atoms with Gasteiger partial charge in [-0.1, -0.05) is 35.9 Å². The van der Waals surface area contributed by atoms with Gasteiger partial charge in [-0.3, -0.25) is 0 Å². The molecule has 0 aliphatic heterocycles. The van der Waals surface area contributed by atoms with Crippen molar-refractivity contribution in [3.8, 4) is 0 Å². The summed E-state index contributed by atoms with van der Waals surface area (Å²) in [4.78, 5) is 0. The Bertz CT molecular complexity index is 640. The van der Waals surface area contributed by atoms with Crippen LogP contribution in [0.4, 0.5) is 4.39 Å². The highest BCUT2D eigenvalue weighted by atomic mass is 19.1. The molecule has 0 heterocycles. The lowest BCUT2D eigenvalue weighted by molar-refractivity contribution is 0.0736. The zero-order valence-electron chi connectivity index (χ0n) is 10.7. The number of hydrogen-bond acceptors (Lipinski definition) is 2. The Hall–Kier alpha value is -1.71. The fraction of sp³-hybridized carbons (Fsp3) is 0.250. The second-order valence-corrected chi connectivity index (χ2v) is 5.24. The van der Waals surface area contributed by atoms with Gasteiger partial charge in [0, 0.05) is 18.0 Å². The molecule has 0 saturated heterocycles. The van der Waals surface area contributed by atoms with E-state index in [0.29, 0.717) is 17.5 Å². The van der Waals surface area contributed by atoms with Crippen molar-refractivity contribution in [2.24, 2.45) is 5.73 Å². The molecule has 2 unspecified atom stereocenters. The molecule has 0 fully saturated rings. The standard InChI is InChI=1S/C16H16FNO/c1-10-6-7-14(17)13(8-10)16(19)9-15(18)11-4-2-3-5-12(11)16/h2-8,15,19H,9,18H2,1H3. The second-order valence-electron chi connectivity index (χ2n) is 5.24. The van der Waals surface area contributed by atoms with Crippen molar-refractivity contribution < 1.29 is 9.50 Å². The third kappa shape index (κ3) is 1.78. The van der Waals surface area contributed by atoms with E-state index in [2.05, 4.69) is 0 Å². The molecular weight excluding hydrogens is 241 g/mol. The highest BCUT2D eigenvalue weighted by Crippen LogP contribution is 2.46. The summed E-state index contributed by atoms with van der Waals surface area (Å²) in [6.07, 6.45) is 0.312. The summed E-state index contributed by atoms with van der Waals surface area (Å²) < 4.78 is 14.1. The minimum atomic E-state index is -1.33. The average Bonchev–Trinajstić information content (AvgIpc) is 2.66. The first-order chi connectivity index (χ1) is 9.02. The van der Waals surface area contributed by atoms with Gasteiger partial charge in [-0.15, -0.1) is 0 Å². The van der Waals surface area contributed by atoms with Crippen LogP contribution in [0.15, 0.2) is 42.5 Å². The van der Waals surface area contributed by atoms with Crippen LogP contribution >= 0.6 is 0 Å². The van der Waals surface area contributed by atoms with Crippen LogP contribution in [-0.2, 0) is 5.60 Å². The molecule has 2 aromatic rings. The SMILES string of the molecule is Cc1ccc(F)c(C2(O)CC(N)c3ccccc32)c1. The van der Waals surface area contributed by atoms with Gasteiger partial charge in [0.1, 0.15) is 11.4 Å². The maximum Gasteiger partial charge on any atom is 0.129 e. The Morgan fingerprint density at radius 1 is 1.21 bits per heavy atom. The molecular formula is C16H16FNO. The zero-order chi connectivity index (χ0) is 13.6. The van der Waals surface area contributed by atoms with Crippen LogP contribution in [0.2, 0.25) is 0 Å². The Balaban J connectivity index is 2.22. The summed E-state index contributed by atoms with van der Waals surface area (Å²) in [6.45, 7) is 1.88. The van der Waals surface area contributed by atoms with E-state index in [1.54, 1.807) is 12.1 Å².